The minimum Gasteiger partial charge on any atom is -0.493 e. The van der Waals surface area contributed by atoms with Crippen LogP contribution in [0, 0.1) is 6.92 Å². The predicted molar refractivity (Wildman–Crippen MR) is 197 cm³/mol. The maximum atomic E-state index is 12.8. The van der Waals surface area contributed by atoms with Gasteiger partial charge in [-0.3, -0.25) is 4.68 Å². The summed E-state index contributed by atoms with van der Waals surface area (Å²) in [4.78, 5) is 12.8. The molecule has 0 spiro atoms. The third kappa shape index (κ3) is 6.92. The van der Waals surface area contributed by atoms with Gasteiger partial charge in [0.15, 0.2) is 8.32 Å². The summed E-state index contributed by atoms with van der Waals surface area (Å²) in [6, 6.07) is 17.8. The van der Waals surface area contributed by atoms with E-state index in [1.165, 1.54) is 0 Å². The van der Waals surface area contributed by atoms with Gasteiger partial charge in [0.25, 0.3) is 0 Å². The van der Waals surface area contributed by atoms with Crippen LogP contribution in [0.25, 0.3) is 32.8 Å². The lowest BCUT2D eigenvalue weighted by atomic mass is 9.98. The van der Waals surface area contributed by atoms with E-state index in [2.05, 4.69) is 46.0 Å². The Bertz CT molecular complexity index is 1930. The number of aromatic carboxylic acids is 1. The molecule has 48 heavy (non-hydrogen) atoms. The van der Waals surface area contributed by atoms with E-state index >= 15 is 0 Å². The summed E-state index contributed by atoms with van der Waals surface area (Å²) < 4.78 is 16.3. The molecular formula is C38H48ClN3O5Si. The van der Waals surface area contributed by atoms with Gasteiger partial charge < -0.3 is 23.9 Å². The molecule has 0 aliphatic carbocycles. The van der Waals surface area contributed by atoms with Crippen molar-refractivity contribution in [2.24, 2.45) is 0 Å². The van der Waals surface area contributed by atoms with Gasteiger partial charge in [0.1, 0.15) is 11.4 Å². The highest BCUT2D eigenvalue weighted by molar-refractivity contribution is 6.74. The molecule has 0 aliphatic rings. The number of carboxylic acid groups (broad SMARTS) is 1. The van der Waals surface area contributed by atoms with E-state index in [4.69, 9.17) is 25.9 Å². The minimum atomic E-state index is -1.87. The molecule has 0 aliphatic heterocycles. The molecule has 0 fully saturated rings. The van der Waals surface area contributed by atoms with Crippen molar-refractivity contribution in [1.82, 2.24) is 14.3 Å². The van der Waals surface area contributed by atoms with Crippen molar-refractivity contribution in [3.63, 3.8) is 0 Å². The predicted octanol–water partition coefficient (Wildman–Crippen LogP) is 9.25. The Labute approximate surface area is 289 Å². The van der Waals surface area contributed by atoms with E-state index in [-0.39, 0.29) is 17.3 Å². The molecule has 2 heterocycles. The van der Waals surface area contributed by atoms with E-state index in [9.17, 15) is 15.0 Å². The number of ether oxygens (including phenoxy) is 1. The second-order valence-corrected chi connectivity index (χ2v) is 19.1. The van der Waals surface area contributed by atoms with E-state index < -0.39 is 14.3 Å². The van der Waals surface area contributed by atoms with Crippen LogP contribution in [0.5, 0.6) is 5.75 Å². The van der Waals surface area contributed by atoms with Gasteiger partial charge in [-0.15, -0.1) is 0 Å². The lowest BCUT2D eigenvalue weighted by Crippen LogP contribution is -2.41. The summed E-state index contributed by atoms with van der Waals surface area (Å²) in [7, 11) is -1.87. The molecule has 0 amide bonds. The zero-order chi connectivity index (χ0) is 34.8. The van der Waals surface area contributed by atoms with Gasteiger partial charge in [-0.1, -0.05) is 74.8 Å². The van der Waals surface area contributed by atoms with Gasteiger partial charge in [0, 0.05) is 47.3 Å². The van der Waals surface area contributed by atoms with Gasteiger partial charge in [0.05, 0.1) is 29.4 Å². The number of nitrogens with zero attached hydrogens (tertiary/aromatic N) is 3. The van der Waals surface area contributed by atoms with Crippen LogP contribution in [0.2, 0.25) is 23.2 Å². The highest BCUT2D eigenvalue weighted by Gasteiger charge is 2.37. The fourth-order valence-electron chi connectivity index (χ4n) is 6.32. The van der Waals surface area contributed by atoms with Crippen molar-refractivity contribution in [3.8, 4) is 16.9 Å². The van der Waals surface area contributed by atoms with Crippen LogP contribution in [0.15, 0.2) is 54.6 Å². The van der Waals surface area contributed by atoms with Gasteiger partial charge >= 0.3 is 5.97 Å². The lowest BCUT2D eigenvalue weighted by Gasteiger charge is -2.36. The number of hydrogen-bond acceptors (Lipinski definition) is 5. The number of hydrogen-bond donors (Lipinski definition) is 2. The Morgan fingerprint density at radius 2 is 1.71 bits per heavy atom. The SMILES string of the molecule is CCn1c(C(=O)O)c(CCCOc2cccc3ccccc23)c2ccc(Cl)c(-c3c(CO)nn(CCCO[Si](C)(C)C(C)(C)C)c3C)c21. The first-order valence-electron chi connectivity index (χ1n) is 16.8. The first kappa shape index (κ1) is 35.7. The summed E-state index contributed by atoms with van der Waals surface area (Å²) in [5.74, 6) is -0.177. The molecular weight excluding hydrogens is 642 g/mol. The standard InChI is InChI=1S/C38H48ClN3O5Si/c1-8-41-35-29(28(36(41)37(44)45)17-12-22-46-32-18-11-15-26-14-9-10-16-27(26)32)19-20-30(39)34(35)33-25(2)42(40-31(33)24-43)21-13-23-47-48(6,7)38(3,4)5/h9-11,14-16,18-20,43H,8,12-13,17,21-24H2,1-7H3,(H,44,45). The third-order valence-electron chi connectivity index (χ3n) is 9.84. The Morgan fingerprint density at radius 1 is 0.979 bits per heavy atom. The Balaban J connectivity index is 1.47. The molecule has 0 saturated heterocycles. The number of aromatic nitrogens is 3. The molecule has 8 nitrogen and oxygen atoms in total. The number of carbonyl (C=O) groups is 1. The van der Waals surface area contributed by atoms with Crippen molar-refractivity contribution >= 4 is 47.6 Å². The van der Waals surface area contributed by atoms with Crippen LogP contribution in [-0.4, -0.2) is 52.1 Å². The molecule has 0 radical (unpaired) electrons. The minimum absolute atomic E-state index is 0.132. The van der Waals surface area contributed by atoms with E-state index in [0.717, 1.165) is 50.7 Å². The van der Waals surface area contributed by atoms with Crippen molar-refractivity contribution in [3.05, 3.63) is 82.3 Å². The van der Waals surface area contributed by atoms with Crippen LogP contribution in [0.3, 0.4) is 0 Å². The summed E-state index contributed by atoms with van der Waals surface area (Å²) in [5, 5.41) is 29.4. The molecule has 0 unspecified atom stereocenters. The summed E-state index contributed by atoms with van der Waals surface area (Å²) >= 11 is 6.97. The van der Waals surface area contributed by atoms with Crippen molar-refractivity contribution in [2.75, 3.05) is 13.2 Å². The van der Waals surface area contributed by atoms with E-state index in [1.54, 1.807) is 0 Å². The summed E-state index contributed by atoms with van der Waals surface area (Å²) in [5.41, 5.74) is 4.56. The average molecular weight is 690 g/mol. The largest absolute Gasteiger partial charge is 0.493 e. The van der Waals surface area contributed by atoms with Crippen LogP contribution in [-0.2, 0) is 30.5 Å². The van der Waals surface area contributed by atoms with Gasteiger partial charge in [-0.2, -0.15) is 5.10 Å². The number of carboxylic acids is 1. The van der Waals surface area contributed by atoms with E-state index in [0.29, 0.717) is 55.4 Å². The molecule has 0 saturated carbocycles. The van der Waals surface area contributed by atoms with Gasteiger partial charge in [0.2, 0.25) is 0 Å². The van der Waals surface area contributed by atoms with Crippen LogP contribution >= 0.6 is 11.6 Å². The highest BCUT2D eigenvalue weighted by atomic mass is 35.5. The molecule has 3 aromatic carbocycles. The zero-order valence-corrected chi connectivity index (χ0v) is 30.9. The summed E-state index contributed by atoms with van der Waals surface area (Å²) in [6.45, 7) is 17.0. The number of aryl methyl sites for hydroxylation is 3. The third-order valence-corrected chi connectivity index (χ3v) is 14.7. The first-order chi connectivity index (χ1) is 22.8. The van der Waals surface area contributed by atoms with Gasteiger partial charge in [-0.05, 0) is 74.3 Å². The molecule has 10 heteroatoms. The Hall–Kier alpha value is -3.63. The average Bonchev–Trinajstić information content (AvgIpc) is 3.54. The Morgan fingerprint density at radius 3 is 2.40 bits per heavy atom. The molecule has 5 aromatic rings. The topological polar surface area (TPSA) is 98.7 Å². The fraction of sp³-hybridized carbons (Fsp3) is 0.421. The zero-order valence-electron chi connectivity index (χ0n) is 29.2. The first-order valence-corrected chi connectivity index (χ1v) is 20.1. The lowest BCUT2D eigenvalue weighted by molar-refractivity contribution is 0.0684. The van der Waals surface area contributed by atoms with Gasteiger partial charge in [-0.25, -0.2) is 4.79 Å². The smallest absolute Gasteiger partial charge is 0.352 e. The number of benzene rings is 3. The molecule has 2 aromatic heterocycles. The monoisotopic (exact) mass is 689 g/mol. The maximum absolute atomic E-state index is 12.8. The number of aliphatic hydroxyl groups excluding tert-OH is 1. The number of fused-ring (bicyclic) bond motifs is 2. The number of aliphatic hydroxyl groups is 1. The van der Waals surface area contributed by atoms with Crippen LogP contribution < -0.4 is 4.74 Å². The normalized spacial score (nSPS) is 12.4. The Kier molecular flexibility index (Phi) is 10.7. The second kappa shape index (κ2) is 14.5. The van der Waals surface area contributed by atoms with Crippen molar-refractivity contribution in [2.45, 2.75) is 91.7 Å². The quantitative estimate of drug-likeness (QED) is 0.0891. The van der Waals surface area contributed by atoms with Crippen LogP contribution in [0.1, 0.15) is 68.0 Å². The summed E-state index contributed by atoms with van der Waals surface area (Å²) in [6.07, 6.45) is 1.91. The molecule has 0 atom stereocenters. The molecule has 5 rings (SSSR count). The second-order valence-electron chi connectivity index (χ2n) is 13.9. The van der Waals surface area contributed by atoms with Crippen molar-refractivity contribution in [1.29, 1.82) is 0 Å². The highest BCUT2D eigenvalue weighted by Crippen LogP contribution is 2.42. The molecule has 0 bridgehead atoms. The number of rotatable bonds is 14. The molecule has 2 N–H and O–H groups in total. The maximum Gasteiger partial charge on any atom is 0.352 e. The molecule has 256 valence electrons. The number of halogens is 1. The fourth-order valence-corrected chi connectivity index (χ4v) is 7.65. The van der Waals surface area contributed by atoms with Crippen LogP contribution in [0.4, 0.5) is 0 Å². The van der Waals surface area contributed by atoms with Crippen molar-refractivity contribution < 1.29 is 24.2 Å². The van der Waals surface area contributed by atoms with E-state index in [1.807, 2.05) is 65.6 Å².